The third-order valence-electron chi connectivity index (χ3n) is 2.15. The Labute approximate surface area is 95.7 Å². The predicted octanol–water partition coefficient (Wildman–Crippen LogP) is 0.963. The maximum Gasteiger partial charge on any atom is 0.317 e. The number of hydrogen-bond acceptors (Lipinski definition) is 3. The van der Waals surface area contributed by atoms with Crippen LogP contribution in [0.25, 0.3) is 0 Å². The molecule has 0 aromatic carbocycles. The maximum absolute atomic E-state index is 10.7. The first-order valence-electron chi connectivity index (χ1n) is 5.39. The van der Waals surface area contributed by atoms with Gasteiger partial charge in [-0.25, -0.2) is 0 Å². The number of carboxylic acids is 1. The molecule has 0 atom stereocenters. The molecule has 0 radical (unpaired) electrons. The lowest BCUT2D eigenvalue weighted by Gasteiger charge is -2.21. The van der Waals surface area contributed by atoms with Gasteiger partial charge in [-0.2, -0.15) is 5.10 Å². The van der Waals surface area contributed by atoms with Gasteiger partial charge in [-0.05, 0) is 5.92 Å². The Kier molecular flexibility index (Phi) is 4.49. The third-order valence-corrected chi connectivity index (χ3v) is 2.15. The van der Waals surface area contributed by atoms with Crippen molar-refractivity contribution in [3.63, 3.8) is 0 Å². The molecule has 0 saturated carbocycles. The number of nitrogens with zero attached hydrogens (tertiary/aromatic N) is 3. The molecule has 0 aliphatic heterocycles. The van der Waals surface area contributed by atoms with E-state index in [2.05, 4.69) is 18.9 Å². The average molecular weight is 225 g/mol. The van der Waals surface area contributed by atoms with Crippen LogP contribution in [0.3, 0.4) is 0 Å². The number of hydrogen-bond donors (Lipinski definition) is 1. The number of aromatic nitrogens is 2. The largest absolute Gasteiger partial charge is 0.480 e. The Balaban J connectivity index is 2.58. The zero-order chi connectivity index (χ0) is 12.1. The molecule has 1 aromatic rings. The van der Waals surface area contributed by atoms with Crippen LogP contribution in [0.2, 0.25) is 0 Å². The summed E-state index contributed by atoms with van der Waals surface area (Å²) in [5.41, 5.74) is 1.05. The van der Waals surface area contributed by atoms with Gasteiger partial charge >= 0.3 is 5.97 Å². The van der Waals surface area contributed by atoms with Gasteiger partial charge in [0, 0.05) is 31.9 Å². The monoisotopic (exact) mass is 225 g/mol. The Morgan fingerprint density at radius 2 is 2.31 bits per heavy atom. The van der Waals surface area contributed by atoms with Crippen LogP contribution in [0.15, 0.2) is 12.4 Å². The molecule has 0 aliphatic rings. The highest BCUT2D eigenvalue weighted by Crippen LogP contribution is 2.06. The molecule has 0 spiro atoms. The molecule has 0 aliphatic carbocycles. The number of aliphatic carboxylic acids is 1. The first-order chi connectivity index (χ1) is 7.47. The van der Waals surface area contributed by atoms with E-state index in [1.807, 2.05) is 18.1 Å². The van der Waals surface area contributed by atoms with Gasteiger partial charge in [0.05, 0.1) is 12.7 Å². The van der Waals surface area contributed by atoms with Gasteiger partial charge in [-0.1, -0.05) is 13.8 Å². The average Bonchev–Trinajstić information content (AvgIpc) is 2.48. The second kappa shape index (κ2) is 5.65. The second-order valence-electron chi connectivity index (χ2n) is 4.48. The molecule has 90 valence electrons. The number of aryl methyl sites for hydroxylation is 1. The van der Waals surface area contributed by atoms with Gasteiger partial charge in [-0.15, -0.1) is 0 Å². The van der Waals surface area contributed by atoms with E-state index in [4.69, 9.17) is 5.11 Å². The fourth-order valence-corrected chi connectivity index (χ4v) is 1.70. The van der Waals surface area contributed by atoms with Gasteiger partial charge in [0.15, 0.2) is 0 Å². The zero-order valence-corrected chi connectivity index (χ0v) is 10.1. The van der Waals surface area contributed by atoms with Crippen molar-refractivity contribution >= 4 is 5.97 Å². The summed E-state index contributed by atoms with van der Waals surface area (Å²) in [6.45, 7) is 5.66. The topological polar surface area (TPSA) is 58.4 Å². The molecule has 1 heterocycles. The predicted molar refractivity (Wildman–Crippen MR) is 61.0 cm³/mol. The van der Waals surface area contributed by atoms with Crippen LogP contribution in [0.4, 0.5) is 0 Å². The molecule has 0 saturated heterocycles. The fourth-order valence-electron chi connectivity index (χ4n) is 1.70. The molecule has 5 nitrogen and oxygen atoms in total. The van der Waals surface area contributed by atoms with Crippen LogP contribution in [-0.2, 0) is 18.4 Å². The van der Waals surface area contributed by atoms with Gasteiger partial charge < -0.3 is 5.11 Å². The molecule has 1 rings (SSSR count). The van der Waals surface area contributed by atoms with E-state index >= 15 is 0 Å². The zero-order valence-electron chi connectivity index (χ0n) is 10.1. The molecular weight excluding hydrogens is 206 g/mol. The quantitative estimate of drug-likeness (QED) is 0.783. The summed E-state index contributed by atoms with van der Waals surface area (Å²) in [4.78, 5) is 12.6. The standard InChI is InChI=1S/C11H19N3O2/c1-9(2)5-14(8-11(15)16)7-10-4-12-13(3)6-10/h4,6,9H,5,7-8H2,1-3H3,(H,15,16). The molecule has 1 N–H and O–H groups in total. The molecule has 16 heavy (non-hydrogen) atoms. The van der Waals surface area contributed by atoms with Gasteiger partial charge in [0.25, 0.3) is 0 Å². The summed E-state index contributed by atoms with van der Waals surface area (Å²) in [7, 11) is 1.85. The minimum atomic E-state index is -0.787. The lowest BCUT2D eigenvalue weighted by molar-refractivity contribution is -0.138. The Hall–Kier alpha value is -1.36. The van der Waals surface area contributed by atoms with Crippen LogP contribution < -0.4 is 0 Å². The lowest BCUT2D eigenvalue weighted by atomic mass is 10.2. The van der Waals surface area contributed by atoms with Crippen molar-refractivity contribution in [3.05, 3.63) is 18.0 Å². The fraction of sp³-hybridized carbons (Fsp3) is 0.636. The van der Waals surface area contributed by atoms with Crippen molar-refractivity contribution in [3.8, 4) is 0 Å². The van der Waals surface area contributed by atoms with Crippen molar-refractivity contribution in [2.45, 2.75) is 20.4 Å². The maximum atomic E-state index is 10.7. The van der Waals surface area contributed by atoms with Gasteiger partial charge in [0.1, 0.15) is 0 Å². The van der Waals surface area contributed by atoms with Gasteiger partial charge in [0.2, 0.25) is 0 Å². The molecule has 0 bridgehead atoms. The SMILES string of the molecule is CC(C)CN(CC(=O)O)Cc1cnn(C)c1. The highest BCUT2D eigenvalue weighted by molar-refractivity contribution is 5.69. The van der Waals surface area contributed by atoms with Crippen molar-refractivity contribution in [2.75, 3.05) is 13.1 Å². The first-order valence-corrected chi connectivity index (χ1v) is 5.39. The highest BCUT2D eigenvalue weighted by atomic mass is 16.4. The number of rotatable bonds is 6. The Bertz CT molecular complexity index is 347. The van der Waals surface area contributed by atoms with E-state index < -0.39 is 5.97 Å². The summed E-state index contributed by atoms with van der Waals surface area (Å²) < 4.78 is 1.73. The molecular formula is C11H19N3O2. The van der Waals surface area contributed by atoms with Crippen LogP contribution in [-0.4, -0.2) is 38.8 Å². The molecule has 0 amide bonds. The summed E-state index contributed by atoms with van der Waals surface area (Å²) in [5, 5.41) is 12.9. The molecule has 0 unspecified atom stereocenters. The summed E-state index contributed by atoms with van der Waals surface area (Å²) in [6, 6.07) is 0. The third kappa shape index (κ3) is 4.44. The van der Waals surface area contributed by atoms with E-state index in [1.165, 1.54) is 0 Å². The highest BCUT2D eigenvalue weighted by Gasteiger charge is 2.12. The summed E-state index contributed by atoms with van der Waals surface area (Å²) in [6.07, 6.45) is 3.68. The van der Waals surface area contributed by atoms with E-state index in [0.717, 1.165) is 12.1 Å². The minimum absolute atomic E-state index is 0.0765. The van der Waals surface area contributed by atoms with E-state index in [0.29, 0.717) is 12.5 Å². The van der Waals surface area contributed by atoms with E-state index in [1.54, 1.807) is 10.9 Å². The van der Waals surface area contributed by atoms with Crippen molar-refractivity contribution in [1.29, 1.82) is 0 Å². The summed E-state index contributed by atoms with van der Waals surface area (Å²) in [5.74, 6) is -0.333. The van der Waals surface area contributed by atoms with E-state index in [-0.39, 0.29) is 6.54 Å². The van der Waals surface area contributed by atoms with Crippen LogP contribution in [0.1, 0.15) is 19.4 Å². The van der Waals surface area contributed by atoms with Crippen LogP contribution in [0, 0.1) is 5.92 Å². The van der Waals surface area contributed by atoms with Crippen molar-refractivity contribution < 1.29 is 9.90 Å². The summed E-state index contributed by atoms with van der Waals surface area (Å²) >= 11 is 0. The second-order valence-corrected chi connectivity index (χ2v) is 4.48. The lowest BCUT2D eigenvalue weighted by Crippen LogP contribution is -2.32. The molecule has 5 heteroatoms. The van der Waals surface area contributed by atoms with Crippen molar-refractivity contribution in [1.82, 2.24) is 14.7 Å². The minimum Gasteiger partial charge on any atom is -0.480 e. The molecule has 1 aromatic heterocycles. The smallest absolute Gasteiger partial charge is 0.317 e. The number of carbonyl (C=O) groups is 1. The Morgan fingerprint density at radius 3 is 2.75 bits per heavy atom. The van der Waals surface area contributed by atoms with Crippen molar-refractivity contribution in [2.24, 2.45) is 13.0 Å². The first kappa shape index (κ1) is 12.7. The van der Waals surface area contributed by atoms with Crippen LogP contribution in [0.5, 0.6) is 0 Å². The van der Waals surface area contributed by atoms with E-state index in [9.17, 15) is 4.79 Å². The molecule has 0 fully saturated rings. The van der Waals surface area contributed by atoms with Gasteiger partial charge in [-0.3, -0.25) is 14.4 Å². The van der Waals surface area contributed by atoms with Crippen LogP contribution >= 0.6 is 0 Å². The Morgan fingerprint density at radius 1 is 1.62 bits per heavy atom. The number of carboxylic acid groups (broad SMARTS) is 1. The normalized spacial score (nSPS) is 11.3.